The highest BCUT2D eigenvalue weighted by molar-refractivity contribution is 5.66. The summed E-state index contributed by atoms with van der Waals surface area (Å²) in [5.74, 6) is -0.989. The van der Waals surface area contributed by atoms with Crippen molar-refractivity contribution in [2.24, 2.45) is 11.8 Å². The molecule has 1 rings (SSSR count). The largest absolute Gasteiger partial charge is 0.481 e. The third-order valence-corrected chi connectivity index (χ3v) is 5.52. The number of carboxylic acids is 1. The zero-order valence-electron chi connectivity index (χ0n) is 17.3. The Kier molecular flexibility index (Phi) is 11.4. The van der Waals surface area contributed by atoms with Crippen LogP contribution >= 0.6 is 0 Å². The van der Waals surface area contributed by atoms with Crippen LogP contribution in [0.15, 0.2) is 36.5 Å². The van der Waals surface area contributed by atoms with Gasteiger partial charge in [-0.25, -0.2) is 0 Å². The predicted molar refractivity (Wildman–Crippen MR) is 112 cm³/mol. The molecule has 0 bridgehead atoms. The average Bonchev–Trinajstić information content (AvgIpc) is 2.89. The summed E-state index contributed by atoms with van der Waals surface area (Å²) in [5.41, 5.74) is -0.858. The minimum Gasteiger partial charge on any atom is -0.481 e. The minimum atomic E-state index is -0.858. The second-order valence-electron chi connectivity index (χ2n) is 7.94. The number of allylic oxidation sites excluding steroid dienone is 3. The number of carboxylic acid groups (broad SMARTS) is 1. The minimum absolute atomic E-state index is 0.0626. The van der Waals surface area contributed by atoms with E-state index in [9.17, 15) is 20.1 Å². The second-order valence-corrected chi connectivity index (χ2v) is 7.94. The number of aliphatic hydroxyl groups is 3. The molecule has 0 saturated heterocycles. The van der Waals surface area contributed by atoms with Crippen LogP contribution in [0.1, 0.15) is 71.6 Å². The Balaban J connectivity index is 2.63. The maximum absolute atomic E-state index is 10.8. The molecule has 1 fully saturated rings. The van der Waals surface area contributed by atoms with Crippen molar-refractivity contribution in [1.82, 2.24) is 0 Å². The molecule has 0 aromatic carbocycles. The Morgan fingerprint density at radius 3 is 2.54 bits per heavy atom. The summed E-state index contributed by atoms with van der Waals surface area (Å²) in [4.78, 5) is 10.5. The number of hydrogen-bond donors (Lipinski definition) is 4. The van der Waals surface area contributed by atoms with Crippen LogP contribution in [0.2, 0.25) is 0 Å². The van der Waals surface area contributed by atoms with E-state index in [2.05, 4.69) is 6.92 Å². The number of hydrogen-bond acceptors (Lipinski definition) is 4. The summed E-state index contributed by atoms with van der Waals surface area (Å²) >= 11 is 0. The van der Waals surface area contributed by atoms with E-state index in [1.165, 1.54) is 0 Å². The molecule has 160 valence electrons. The smallest absolute Gasteiger partial charge is 0.303 e. The van der Waals surface area contributed by atoms with Gasteiger partial charge >= 0.3 is 5.97 Å². The number of carbonyl (C=O) groups is 1. The van der Waals surface area contributed by atoms with E-state index < -0.39 is 23.8 Å². The predicted octanol–water partition coefficient (Wildman–Crippen LogP) is 3.99. The molecule has 5 heteroatoms. The van der Waals surface area contributed by atoms with E-state index in [1.807, 2.05) is 43.4 Å². The van der Waals surface area contributed by atoms with Gasteiger partial charge in [0.15, 0.2) is 0 Å². The van der Waals surface area contributed by atoms with Gasteiger partial charge in [0.25, 0.3) is 0 Å². The summed E-state index contributed by atoms with van der Waals surface area (Å²) in [6.07, 6.45) is 16.0. The van der Waals surface area contributed by atoms with Gasteiger partial charge in [-0.1, -0.05) is 56.2 Å². The third kappa shape index (κ3) is 8.72. The van der Waals surface area contributed by atoms with E-state index in [4.69, 9.17) is 5.11 Å². The third-order valence-electron chi connectivity index (χ3n) is 5.52. The first kappa shape index (κ1) is 24.6. The molecule has 0 aromatic rings. The lowest BCUT2D eigenvalue weighted by atomic mass is 9.87. The topological polar surface area (TPSA) is 98.0 Å². The second kappa shape index (κ2) is 12.9. The fourth-order valence-corrected chi connectivity index (χ4v) is 3.92. The summed E-state index contributed by atoms with van der Waals surface area (Å²) in [6, 6.07) is 0. The summed E-state index contributed by atoms with van der Waals surface area (Å²) < 4.78 is 0. The van der Waals surface area contributed by atoms with Crippen molar-refractivity contribution in [3.63, 3.8) is 0 Å². The van der Waals surface area contributed by atoms with Crippen LogP contribution in [0.3, 0.4) is 0 Å². The highest BCUT2D eigenvalue weighted by atomic mass is 16.4. The summed E-state index contributed by atoms with van der Waals surface area (Å²) in [6.45, 7) is 4.00. The van der Waals surface area contributed by atoms with Gasteiger partial charge < -0.3 is 20.4 Å². The maximum Gasteiger partial charge on any atom is 0.303 e. The normalized spacial score (nSPS) is 27.9. The molecule has 5 nitrogen and oxygen atoms in total. The molecule has 0 aliphatic heterocycles. The van der Waals surface area contributed by atoms with Gasteiger partial charge in [-0.2, -0.15) is 0 Å². The van der Waals surface area contributed by atoms with Gasteiger partial charge in [0, 0.05) is 18.8 Å². The van der Waals surface area contributed by atoms with Gasteiger partial charge in [-0.05, 0) is 44.9 Å². The average molecular weight is 395 g/mol. The SMILES string of the molecule is CC=CC(O)(C/C=C/[C@@H]1[C@@H](C/C=C\CCCC(=O)O)[C@@H](O)C[C@H]1O)CCCC. The van der Waals surface area contributed by atoms with Crippen LogP contribution in [0.25, 0.3) is 0 Å². The Morgan fingerprint density at radius 2 is 1.89 bits per heavy atom. The zero-order valence-corrected chi connectivity index (χ0v) is 17.3. The van der Waals surface area contributed by atoms with Crippen LogP contribution in [0.4, 0.5) is 0 Å². The molecule has 1 saturated carbocycles. The Labute approximate surface area is 169 Å². The lowest BCUT2D eigenvalue weighted by Gasteiger charge is -2.24. The lowest BCUT2D eigenvalue weighted by molar-refractivity contribution is -0.137. The molecular formula is C23H38O5. The molecule has 1 aliphatic carbocycles. The standard InChI is InChI=1S/C23H38O5/c1-3-5-15-23(28,14-4-2)16-10-12-19-18(20(24)17-21(19)25)11-8-6-7-9-13-22(26)27/h4,6,8,10,12,14,18-21,24-25,28H,3,5,7,9,11,13,15-17H2,1-2H3,(H,26,27)/b8-6-,12-10+,14-4?/t18-,19-,20+,21-,23?/m1/s1. The van der Waals surface area contributed by atoms with Crippen molar-refractivity contribution in [2.45, 2.75) is 89.4 Å². The van der Waals surface area contributed by atoms with E-state index >= 15 is 0 Å². The molecule has 1 aliphatic rings. The van der Waals surface area contributed by atoms with E-state index in [0.717, 1.165) is 12.8 Å². The van der Waals surface area contributed by atoms with Gasteiger partial charge in [-0.15, -0.1) is 0 Å². The van der Waals surface area contributed by atoms with Crippen LogP contribution < -0.4 is 0 Å². The fraction of sp³-hybridized carbons (Fsp3) is 0.696. The summed E-state index contributed by atoms with van der Waals surface area (Å²) in [7, 11) is 0. The first-order valence-corrected chi connectivity index (χ1v) is 10.6. The Hall–Kier alpha value is -1.43. The highest BCUT2D eigenvalue weighted by Gasteiger charge is 2.39. The van der Waals surface area contributed by atoms with Gasteiger partial charge in [0.1, 0.15) is 0 Å². The lowest BCUT2D eigenvalue weighted by Crippen LogP contribution is -2.25. The Bertz CT molecular complexity index is 539. The quantitative estimate of drug-likeness (QED) is 0.280. The number of aliphatic carboxylic acids is 1. The maximum atomic E-state index is 10.8. The van der Waals surface area contributed by atoms with Gasteiger partial charge in [0.2, 0.25) is 0 Å². The number of unbranched alkanes of at least 4 members (excludes halogenated alkanes) is 2. The van der Waals surface area contributed by atoms with Crippen LogP contribution in [-0.4, -0.2) is 44.2 Å². The molecule has 28 heavy (non-hydrogen) atoms. The zero-order chi connectivity index (χ0) is 21.0. The van der Waals surface area contributed by atoms with Crippen molar-refractivity contribution in [3.8, 4) is 0 Å². The van der Waals surface area contributed by atoms with Crippen molar-refractivity contribution >= 4 is 5.97 Å². The number of aliphatic hydroxyl groups excluding tert-OH is 2. The molecule has 0 aromatic heterocycles. The Morgan fingerprint density at radius 1 is 1.14 bits per heavy atom. The van der Waals surface area contributed by atoms with Crippen LogP contribution in [0, 0.1) is 11.8 Å². The molecule has 0 spiro atoms. The monoisotopic (exact) mass is 394 g/mol. The molecule has 0 heterocycles. The molecule has 1 unspecified atom stereocenters. The van der Waals surface area contributed by atoms with Gasteiger partial charge in [-0.3, -0.25) is 4.79 Å². The van der Waals surface area contributed by atoms with E-state index in [0.29, 0.717) is 38.5 Å². The van der Waals surface area contributed by atoms with E-state index in [1.54, 1.807) is 0 Å². The molecular weight excluding hydrogens is 356 g/mol. The van der Waals surface area contributed by atoms with Gasteiger partial charge in [0.05, 0.1) is 17.8 Å². The molecule has 0 amide bonds. The molecule has 4 N–H and O–H groups in total. The fourth-order valence-electron chi connectivity index (χ4n) is 3.92. The molecule has 5 atom stereocenters. The van der Waals surface area contributed by atoms with Crippen LogP contribution in [0.5, 0.6) is 0 Å². The number of rotatable bonds is 13. The highest BCUT2D eigenvalue weighted by Crippen LogP contribution is 2.36. The summed E-state index contributed by atoms with van der Waals surface area (Å²) in [5, 5.41) is 40.0. The van der Waals surface area contributed by atoms with Crippen molar-refractivity contribution in [3.05, 3.63) is 36.5 Å². The van der Waals surface area contributed by atoms with Crippen molar-refractivity contribution < 1.29 is 25.2 Å². The van der Waals surface area contributed by atoms with Crippen molar-refractivity contribution in [1.29, 1.82) is 0 Å². The first-order chi connectivity index (χ1) is 13.3. The van der Waals surface area contributed by atoms with E-state index in [-0.39, 0.29) is 18.3 Å². The first-order valence-electron chi connectivity index (χ1n) is 10.6. The molecule has 0 radical (unpaired) electrons. The van der Waals surface area contributed by atoms with Crippen molar-refractivity contribution in [2.75, 3.05) is 0 Å². The van der Waals surface area contributed by atoms with Crippen LogP contribution in [-0.2, 0) is 4.79 Å².